The Balaban J connectivity index is 2.27. The van der Waals surface area contributed by atoms with E-state index >= 15 is 0 Å². The van der Waals surface area contributed by atoms with Crippen molar-refractivity contribution in [3.8, 4) is 0 Å². The van der Waals surface area contributed by atoms with Gasteiger partial charge in [-0.1, -0.05) is 13.8 Å². The Morgan fingerprint density at radius 2 is 2.25 bits per heavy atom. The van der Waals surface area contributed by atoms with Crippen LogP contribution in [0.25, 0.3) is 0 Å². The van der Waals surface area contributed by atoms with Gasteiger partial charge in [0.2, 0.25) is 0 Å². The fraction of sp³-hybridized carbons (Fsp3) is 0.308. The molecule has 0 aromatic carbocycles. The molecular weight excluding hydrogens is 276 g/mol. The molecule has 0 saturated heterocycles. The highest BCUT2D eigenvalue weighted by molar-refractivity contribution is 7.13. The van der Waals surface area contributed by atoms with Crippen LogP contribution in [0.5, 0.6) is 0 Å². The summed E-state index contributed by atoms with van der Waals surface area (Å²) in [7, 11) is 1.31. The van der Waals surface area contributed by atoms with E-state index in [1.807, 2.05) is 5.38 Å². The summed E-state index contributed by atoms with van der Waals surface area (Å²) in [4.78, 5) is 20.1. The number of carbonyl (C=O) groups is 1. The number of pyridine rings is 1. The Bertz CT molecular complexity index is 625. The molecule has 0 aliphatic rings. The van der Waals surface area contributed by atoms with Gasteiger partial charge in [0.1, 0.15) is 0 Å². The highest BCUT2D eigenvalue weighted by Crippen LogP contribution is 2.28. The molecule has 2 aromatic rings. The van der Waals surface area contributed by atoms with Gasteiger partial charge in [-0.05, 0) is 12.0 Å². The number of aromatic nitrogens is 2. The van der Waals surface area contributed by atoms with Gasteiger partial charge in [0, 0.05) is 11.6 Å². The van der Waals surface area contributed by atoms with Crippen molar-refractivity contribution >= 4 is 33.9 Å². The second kappa shape index (κ2) is 5.87. The standard InChI is InChI=1S/C13H16N4O2S/c1-7(2)9-6-20-13(16-9)17-11-10(14)8(4-5-15-11)12(18)19-3/h4-7H,14H2,1-3H3,(H,15,16,17). The third-order valence-electron chi connectivity index (χ3n) is 2.73. The third-order valence-corrected chi connectivity index (χ3v) is 3.51. The van der Waals surface area contributed by atoms with Gasteiger partial charge in [0.05, 0.1) is 24.1 Å². The number of hydrogen-bond acceptors (Lipinski definition) is 7. The zero-order valence-electron chi connectivity index (χ0n) is 11.5. The number of nitrogens with two attached hydrogens (primary N) is 1. The van der Waals surface area contributed by atoms with Crippen molar-refractivity contribution in [2.45, 2.75) is 19.8 Å². The number of thiazole rings is 1. The molecule has 0 saturated carbocycles. The molecule has 2 heterocycles. The van der Waals surface area contributed by atoms with Gasteiger partial charge in [0.25, 0.3) is 0 Å². The summed E-state index contributed by atoms with van der Waals surface area (Å²) >= 11 is 1.47. The van der Waals surface area contributed by atoms with Gasteiger partial charge in [-0.2, -0.15) is 0 Å². The molecule has 2 rings (SSSR count). The van der Waals surface area contributed by atoms with Crippen LogP contribution >= 0.6 is 11.3 Å². The topological polar surface area (TPSA) is 90.1 Å². The number of anilines is 3. The molecule has 0 aliphatic heterocycles. The summed E-state index contributed by atoms with van der Waals surface area (Å²) in [5.41, 5.74) is 7.46. The van der Waals surface area contributed by atoms with Gasteiger partial charge in [-0.15, -0.1) is 11.3 Å². The van der Waals surface area contributed by atoms with Crippen molar-refractivity contribution < 1.29 is 9.53 Å². The average Bonchev–Trinajstić information content (AvgIpc) is 2.89. The minimum absolute atomic E-state index is 0.251. The molecule has 7 heteroatoms. The van der Waals surface area contributed by atoms with Crippen LogP contribution in [0.3, 0.4) is 0 Å². The lowest BCUT2D eigenvalue weighted by atomic mass is 10.2. The van der Waals surface area contributed by atoms with Crippen molar-refractivity contribution in [2.24, 2.45) is 0 Å². The van der Waals surface area contributed by atoms with Crippen LogP contribution in [0.2, 0.25) is 0 Å². The fourth-order valence-electron chi connectivity index (χ4n) is 1.57. The van der Waals surface area contributed by atoms with Gasteiger partial charge >= 0.3 is 5.97 Å². The van der Waals surface area contributed by atoms with Gasteiger partial charge in [0.15, 0.2) is 10.9 Å². The second-order valence-electron chi connectivity index (χ2n) is 4.47. The van der Waals surface area contributed by atoms with E-state index in [2.05, 4.69) is 33.9 Å². The van der Waals surface area contributed by atoms with Crippen LogP contribution in [0.4, 0.5) is 16.6 Å². The first kappa shape index (κ1) is 14.3. The minimum Gasteiger partial charge on any atom is -0.465 e. The number of carbonyl (C=O) groups excluding carboxylic acids is 1. The number of methoxy groups -OCH3 is 1. The van der Waals surface area contributed by atoms with Crippen LogP contribution in [-0.2, 0) is 4.74 Å². The van der Waals surface area contributed by atoms with E-state index in [4.69, 9.17) is 5.73 Å². The third kappa shape index (κ3) is 2.88. The molecule has 3 N–H and O–H groups in total. The molecule has 0 unspecified atom stereocenters. The minimum atomic E-state index is -0.491. The monoisotopic (exact) mass is 292 g/mol. The lowest BCUT2D eigenvalue weighted by Crippen LogP contribution is -2.09. The summed E-state index contributed by atoms with van der Waals surface area (Å²) in [6, 6.07) is 1.52. The summed E-state index contributed by atoms with van der Waals surface area (Å²) in [5, 5.41) is 5.70. The molecule has 6 nitrogen and oxygen atoms in total. The van der Waals surface area contributed by atoms with Crippen molar-refractivity contribution in [1.29, 1.82) is 0 Å². The molecule has 0 bridgehead atoms. The summed E-state index contributed by atoms with van der Waals surface area (Å²) in [6.07, 6.45) is 1.50. The summed E-state index contributed by atoms with van der Waals surface area (Å²) in [5.74, 6) is 0.265. The number of nitrogen functional groups attached to an aromatic ring is 1. The number of hydrogen-bond donors (Lipinski definition) is 2. The maximum absolute atomic E-state index is 11.6. The second-order valence-corrected chi connectivity index (χ2v) is 5.33. The van der Waals surface area contributed by atoms with Gasteiger partial charge < -0.3 is 15.8 Å². The predicted molar refractivity (Wildman–Crippen MR) is 79.5 cm³/mol. The molecule has 0 radical (unpaired) electrons. The molecule has 0 fully saturated rings. The van der Waals surface area contributed by atoms with E-state index in [0.717, 1.165) is 5.69 Å². The highest BCUT2D eigenvalue weighted by Gasteiger charge is 2.15. The summed E-state index contributed by atoms with van der Waals surface area (Å²) < 4.78 is 4.67. The zero-order valence-corrected chi connectivity index (χ0v) is 12.3. The van der Waals surface area contributed by atoms with E-state index in [1.54, 1.807) is 0 Å². The van der Waals surface area contributed by atoms with Crippen molar-refractivity contribution in [3.63, 3.8) is 0 Å². The molecule has 20 heavy (non-hydrogen) atoms. The Kier molecular flexibility index (Phi) is 4.19. The average molecular weight is 292 g/mol. The first-order chi connectivity index (χ1) is 9.52. The number of esters is 1. The quantitative estimate of drug-likeness (QED) is 0.842. The molecular formula is C13H16N4O2S. The van der Waals surface area contributed by atoms with E-state index in [1.165, 1.54) is 30.7 Å². The van der Waals surface area contributed by atoms with Crippen LogP contribution in [0.15, 0.2) is 17.6 Å². The fourth-order valence-corrected chi connectivity index (χ4v) is 2.44. The number of nitrogens with zero attached hydrogens (tertiary/aromatic N) is 2. The van der Waals surface area contributed by atoms with E-state index in [-0.39, 0.29) is 11.3 Å². The Labute approximate surface area is 121 Å². The largest absolute Gasteiger partial charge is 0.465 e. The molecule has 106 valence electrons. The van der Waals surface area contributed by atoms with Crippen LogP contribution in [0, 0.1) is 0 Å². The normalized spacial score (nSPS) is 10.6. The van der Waals surface area contributed by atoms with Crippen molar-refractivity contribution in [2.75, 3.05) is 18.2 Å². The predicted octanol–water partition coefficient (Wildman–Crippen LogP) is 2.77. The Morgan fingerprint density at radius 3 is 2.85 bits per heavy atom. The molecule has 0 atom stereocenters. The van der Waals surface area contributed by atoms with Crippen LogP contribution in [0.1, 0.15) is 35.8 Å². The van der Waals surface area contributed by atoms with Crippen molar-refractivity contribution in [1.82, 2.24) is 9.97 Å². The SMILES string of the molecule is COC(=O)c1ccnc(Nc2nc(C(C)C)cs2)c1N. The maximum Gasteiger partial charge on any atom is 0.340 e. The Morgan fingerprint density at radius 1 is 1.50 bits per heavy atom. The number of nitrogens with one attached hydrogen (secondary N) is 1. The van der Waals surface area contributed by atoms with Crippen molar-refractivity contribution in [3.05, 3.63) is 28.9 Å². The van der Waals surface area contributed by atoms with E-state index in [0.29, 0.717) is 16.9 Å². The molecule has 0 spiro atoms. The lowest BCUT2D eigenvalue weighted by molar-refractivity contribution is 0.0602. The highest BCUT2D eigenvalue weighted by atomic mass is 32.1. The summed E-state index contributed by atoms with van der Waals surface area (Å²) in [6.45, 7) is 4.15. The number of ether oxygens (including phenoxy) is 1. The molecule has 0 aliphatic carbocycles. The maximum atomic E-state index is 11.6. The first-order valence-electron chi connectivity index (χ1n) is 6.08. The molecule has 2 aromatic heterocycles. The smallest absolute Gasteiger partial charge is 0.340 e. The van der Waals surface area contributed by atoms with Crippen LogP contribution < -0.4 is 11.1 Å². The van der Waals surface area contributed by atoms with E-state index in [9.17, 15) is 4.79 Å². The molecule has 0 amide bonds. The van der Waals surface area contributed by atoms with E-state index < -0.39 is 5.97 Å². The first-order valence-corrected chi connectivity index (χ1v) is 6.96. The Hall–Kier alpha value is -2.15. The van der Waals surface area contributed by atoms with Gasteiger partial charge in [-0.3, -0.25) is 0 Å². The number of rotatable bonds is 4. The zero-order chi connectivity index (χ0) is 14.7. The van der Waals surface area contributed by atoms with Crippen LogP contribution in [-0.4, -0.2) is 23.0 Å². The lowest BCUT2D eigenvalue weighted by Gasteiger charge is -2.08. The van der Waals surface area contributed by atoms with Gasteiger partial charge in [-0.25, -0.2) is 14.8 Å².